The van der Waals surface area contributed by atoms with Crippen molar-refractivity contribution in [1.82, 2.24) is 0 Å². The van der Waals surface area contributed by atoms with Crippen LogP contribution in [0.3, 0.4) is 0 Å². The van der Waals surface area contributed by atoms with Gasteiger partial charge in [-0.25, -0.2) is 0 Å². The summed E-state index contributed by atoms with van der Waals surface area (Å²) in [5, 5.41) is 0. The van der Waals surface area contributed by atoms with E-state index >= 15 is 0 Å². The Hall–Kier alpha value is -0.330. The van der Waals surface area contributed by atoms with Gasteiger partial charge in [-0.2, -0.15) is 0 Å². The molecule has 0 aromatic carbocycles. The molecule has 3 rings (SSSR count). The molecule has 0 aliphatic heterocycles. The highest BCUT2D eigenvalue weighted by Gasteiger charge is 2.59. The minimum absolute atomic E-state index is 0.328. The molecule has 3 saturated carbocycles. The Kier molecular flexibility index (Phi) is 1.25. The second-order valence-electron chi connectivity index (χ2n) is 4.81. The van der Waals surface area contributed by atoms with Crippen LogP contribution in [-0.4, -0.2) is 5.78 Å². The van der Waals surface area contributed by atoms with Crippen molar-refractivity contribution in [2.75, 3.05) is 0 Å². The normalized spacial score (nSPS) is 46.8. The van der Waals surface area contributed by atoms with Gasteiger partial charge in [0, 0.05) is 11.8 Å². The van der Waals surface area contributed by atoms with Gasteiger partial charge in [0.15, 0.2) is 0 Å². The van der Waals surface area contributed by atoms with Gasteiger partial charge in [0.2, 0.25) is 0 Å². The third kappa shape index (κ3) is 0.692. The molecule has 0 unspecified atom stereocenters. The summed E-state index contributed by atoms with van der Waals surface area (Å²) in [6.45, 7) is 6.72. The highest BCUT2D eigenvalue weighted by Crippen LogP contribution is 2.58. The average Bonchev–Trinajstić information content (AvgIpc) is 1.85. The fourth-order valence-electron chi connectivity index (χ4n) is 3.19. The molecular weight excluding hydrogens is 136 g/mol. The number of Topliss-reactive ketones (excluding diaryl/α,β-unsaturated/α-hetero) is 1. The van der Waals surface area contributed by atoms with Gasteiger partial charge in [-0.15, -0.1) is 0 Å². The monoisotopic (exact) mass is 152 g/mol. The van der Waals surface area contributed by atoms with E-state index < -0.39 is 0 Å². The first-order valence-corrected chi connectivity index (χ1v) is 4.59. The topological polar surface area (TPSA) is 17.1 Å². The van der Waals surface area contributed by atoms with Crippen LogP contribution < -0.4 is 0 Å². The zero-order valence-electron chi connectivity index (χ0n) is 7.55. The zero-order valence-corrected chi connectivity index (χ0v) is 7.55. The van der Waals surface area contributed by atoms with Gasteiger partial charge < -0.3 is 0 Å². The highest BCUT2D eigenvalue weighted by atomic mass is 16.1. The van der Waals surface area contributed by atoms with Crippen LogP contribution in [-0.2, 0) is 4.79 Å². The van der Waals surface area contributed by atoms with Gasteiger partial charge in [-0.1, -0.05) is 20.8 Å². The summed E-state index contributed by atoms with van der Waals surface area (Å²) >= 11 is 0. The summed E-state index contributed by atoms with van der Waals surface area (Å²) in [4.78, 5) is 11.5. The van der Waals surface area contributed by atoms with Crippen molar-refractivity contribution >= 4 is 5.78 Å². The third-order valence-corrected chi connectivity index (χ3v) is 3.83. The second kappa shape index (κ2) is 1.88. The first-order chi connectivity index (χ1) is 5.05. The lowest BCUT2D eigenvalue weighted by Gasteiger charge is -2.57. The molecule has 0 heterocycles. The molecule has 1 heteroatoms. The maximum absolute atomic E-state index is 11.5. The van der Waals surface area contributed by atoms with Crippen molar-refractivity contribution in [2.45, 2.75) is 33.6 Å². The van der Waals surface area contributed by atoms with E-state index in [0.717, 1.165) is 6.42 Å². The molecule has 0 spiro atoms. The summed E-state index contributed by atoms with van der Waals surface area (Å²) in [7, 11) is 0. The van der Waals surface area contributed by atoms with Gasteiger partial charge in [0.1, 0.15) is 5.78 Å². The van der Waals surface area contributed by atoms with Crippen molar-refractivity contribution in [3.8, 4) is 0 Å². The summed E-state index contributed by atoms with van der Waals surface area (Å²) in [6.07, 6.45) is 2.41. The fourth-order valence-corrected chi connectivity index (χ4v) is 3.19. The van der Waals surface area contributed by atoms with Crippen LogP contribution >= 0.6 is 0 Å². The van der Waals surface area contributed by atoms with Crippen LogP contribution in [0.15, 0.2) is 0 Å². The predicted octanol–water partition coefficient (Wildman–Crippen LogP) is 2.26. The first kappa shape index (κ1) is 7.33. The van der Waals surface area contributed by atoms with Crippen LogP contribution in [0.1, 0.15) is 33.6 Å². The van der Waals surface area contributed by atoms with E-state index in [1.54, 1.807) is 0 Å². The van der Waals surface area contributed by atoms with E-state index in [9.17, 15) is 4.79 Å². The lowest BCUT2D eigenvalue weighted by atomic mass is 9.45. The fraction of sp³-hybridized carbons (Fsp3) is 0.900. The predicted molar refractivity (Wildman–Crippen MR) is 44.2 cm³/mol. The van der Waals surface area contributed by atoms with Crippen LogP contribution in [0.4, 0.5) is 0 Å². The van der Waals surface area contributed by atoms with Crippen LogP contribution in [0.25, 0.3) is 0 Å². The summed E-state index contributed by atoms with van der Waals surface area (Å²) < 4.78 is 0. The molecule has 3 fully saturated rings. The second-order valence-corrected chi connectivity index (χ2v) is 4.81. The smallest absolute Gasteiger partial charge is 0.140 e. The molecule has 3 aliphatic carbocycles. The molecule has 0 saturated heterocycles. The number of fused-ring (bicyclic) bond motifs is 2. The Bertz CT molecular complexity index is 205. The summed E-state index contributed by atoms with van der Waals surface area (Å²) in [5.41, 5.74) is 0.328. The zero-order chi connectivity index (χ0) is 8.22. The van der Waals surface area contributed by atoms with Crippen LogP contribution in [0.5, 0.6) is 0 Å². The van der Waals surface area contributed by atoms with Crippen molar-refractivity contribution < 1.29 is 4.79 Å². The van der Waals surface area contributed by atoms with Gasteiger partial charge in [-0.3, -0.25) is 4.79 Å². The quantitative estimate of drug-likeness (QED) is 0.520. The van der Waals surface area contributed by atoms with E-state index in [-0.39, 0.29) is 0 Å². The Morgan fingerprint density at radius 1 is 1.36 bits per heavy atom. The summed E-state index contributed by atoms with van der Waals surface area (Å²) in [5.74, 6) is 1.99. The van der Waals surface area contributed by atoms with Crippen molar-refractivity contribution in [2.24, 2.45) is 23.2 Å². The Morgan fingerprint density at radius 3 is 2.27 bits per heavy atom. The molecule has 3 atom stereocenters. The van der Waals surface area contributed by atoms with Crippen LogP contribution in [0, 0.1) is 23.2 Å². The largest absolute Gasteiger partial charge is 0.299 e. The molecule has 0 aromatic rings. The standard InChI is InChI=1S/C10H16O/c1-6-4-5-7-9(11)8(6)10(7,2)3/h6-8H,4-5H2,1-3H3/t6-,7+,8-/m0/s1. The Morgan fingerprint density at radius 2 is 2.00 bits per heavy atom. The lowest BCUT2D eigenvalue weighted by Crippen LogP contribution is -2.60. The maximum atomic E-state index is 11.5. The third-order valence-electron chi connectivity index (χ3n) is 3.83. The number of rotatable bonds is 0. The molecule has 3 aliphatic rings. The Balaban J connectivity index is 2.28. The van der Waals surface area contributed by atoms with Crippen molar-refractivity contribution in [1.29, 1.82) is 0 Å². The number of carbonyl (C=O) groups excluding carboxylic acids is 1. The molecule has 0 aromatic heterocycles. The van der Waals surface area contributed by atoms with E-state index in [1.807, 2.05) is 0 Å². The van der Waals surface area contributed by atoms with Crippen molar-refractivity contribution in [3.05, 3.63) is 0 Å². The van der Waals surface area contributed by atoms with Gasteiger partial charge >= 0.3 is 0 Å². The lowest BCUT2D eigenvalue weighted by molar-refractivity contribution is -0.166. The van der Waals surface area contributed by atoms with Gasteiger partial charge in [0.05, 0.1) is 0 Å². The van der Waals surface area contributed by atoms with E-state index in [4.69, 9.17) is 0 Å². The van der Waals surface area contributed by atoms with E-state index in [0.29, 0.717) is 29.0 Å². The molecular formula is C10H16O. The molecule has 0 radical (unpaired) electrons. The summed E-state index contributed by atoms with van der Waals surface area (Å²) in [6, 6.07) is 0. The maximum Gasteiger partial charge on any atom is 0.140 e. The molecule has 11 heavy (non-hydrogen) atoms. The minimum Gasteiger partial charge on any atom is -0.299 e. The van der Waals surface area contributed by atoms with Crippen LogP contribution in [0.2, 0.25) is 0 Å². The van der Waals surface area contributed by atoms with Gasteiger partial charge in [0.25, 0.3) is 0 Å². The van der Waals surface area contributed by atoms with E-state index in [2.05, 4.69) is 20.8 Å². The number of carbonyl (C=O) groups is 1. The molecule has 2 bridgehead atoms. The Labute approximate surface area is 68.2 Å². The first-order valence-electron chi connectivity index (χ1n) is 4.59. The molecule has 1 nitrogen and oxygen atoms in total. The molecule has 0 amide bonds. The molecule has 62 valence electrons. The average molecular weight is 152 g/mol. The SMILES string of the molecule is C[C@H]1CC[C@@H]2C(=O)[C@H]1C2(C)C. The molecule has 0 N–H and O–H groups in total. The van der Waals surface area contributed by atoms with Crippen molar-refractivity contribution in [3.63, 3.8) is 0 Å². The number of hydrogen-bond donors (Lipinski definition) is 0. The van der Waals surface area contributed by atoms with E-state index in [1.165, 1.54) is 6.42 Å². The minimum atomic E-state index is 0.328. The number of ketones is 1. The number of hydrogen-bond acceptors (Lipinski definition) is 1. The highest BCUT2D eigenvalue weighted by molar-refractivity contribution is 5.92. The van der Waals surface area contributed by atoms with Gasteiger partial charge in [-0.05, 0) is 24.2 Å².